The van der Waals surface area contributed by atoms with Gasteiger partial charge in [0, 0.05) is 23.2 Å². The fraction of sp³-hybridized carbons (Fsp3) is 0.222. The van der Waals surface area contributed by atoms with Gasteiger partial charge in [-0.3, -0.25) is 9.59 Å². The maximum Gasteiger partial charge on any atom is 0.275 e. The van der Waals surface area contributed by atoms with Crippen molar-refractivity contribution in [3.05, 3.63) is 93.8 Å². The molecule has 32 heavy (non-hydrogen) atoms. The maximum absolute atomic E-state index is 13.5. The van der Waals surface area contributed by atoms with E-state index >= 15 is 0 Å². The van der Waals surface area contributed by atoms with Gasteiger partial charge in [-0.1, -0.05) is 54.1 Å². The number of hydrogen-bond acceptors (Lipinski definition) is 3. The summed E-state index contributed by atoms with van der Waals surface area (Å²) in [7, 11) is 0. The van der Waals surface area contributed by atoms with Crippen molar-refractivity contribution in [1.29, 1.82) is 0 Å². The predicted octanol–water partition coefficient (Wildman–Crippen LogP) is 4.83. The van der Waals surface area contributed by atoms with Gasteiger partial charge in [-0.05, 0) is 56.5 Å². The summed E-state index contributed by atoms with van der Waals surface area (Å²) in [5.74, 6) is -0.119. The second-order valence-corrected chi connectivity index (χ2v) is 8.51. The Morgan fingerprint density at radius 2 is 1.69 bits per heavy atom. The lowest BCUT2D eigenvalue weighted by Crippen LogP contribution is -2.39. The van der Waals surface area contributed by atoms with Crippen LogP contribution in [0.5, 0.6) is 0 Å². The number of aryl methyl sites for hydroxylation is 2. The molecule has 1 aromatic heterocycles. The average Bonchev–Trinajstić information content (AvgIpc) is 3.24. The van der Waals surface area contributed by atoms with Crippen LogP contribution >= 0.6 is 0 Å². The zero-order valence-electron chi connectivity index (χ0n) is 18.5. The molecule has 5 rings (SSSR count). The SMILES string of the molecule is Cc1ccc(C)c(-c2nn([C@H](C)C(=O)N3CCc4ccccc43)c(=O)c3ccccc23)c1. The minimum absolute atomic E-state index is 0.119. The Bertz CT molecular complexity index is 1420. The van der Waals surface area contributed by atoms with Crippen LogP contribution in [-0.2, 0) is 11.2 Å². The molecule has 160 valence electrons. The van der Waals surface area contributed by atoms with Gasteiger partial charge < -0.3 is 4.90 Å². The van der Waals surface area contributed by atoms with E-state index in [0.717, 1.165) is 45.4 Å². The summed E-state index contributed by atoms with van der Waals surface area (Å²) < 4.78 is 1.36. The number of nitrogens with zero attached hydrogens (tertiary/aromatic N) is 3. The van der Waals surface area contributed by atoms with Gasteiger partial charge in [-0.15, -0.1) is 0 Å². The Kier molecular flexibility index (Phi) is 4.89. The molecule has 0 saturated carbocycles. The zero-order valence-corrected chi connectivity index (χ0v) is 18.5. The van der Waals surface area contributed by atoms with Crippen molar-refractivity contribution in [3.63, 3.8) is 0 Å². The van der Waals surface area contributed by atoms with Crippen LogP contribution in [0.1, 0.15) is 29.7 Å². The monoisotopic (exact) mass is 423 g/mol. The van der Waals surface area contributed by atoms with Crippen LogP contribution in [0.25, 0.3) is 22.0 Å². The molecule has 5 nitrogen and oxygen atoms in total. The van der Waals surface area contributed by atoms with E-state index in [2.05, 4.69) is 18.2 Å². The number of para-hydroxylation sites is 1. The van der Waals surface area contributed by atoms with Crippen LogP contribution in [0.3, 0.4) is 0 Å². The first kappa shape index (κ1) is 20.2. The van der Waals surface area contributed by atoms with Gasteiger partial charge in [0.2, 0.25) is 0 Å². The molecule has 0 N–H and O–H groups in total. The van der Waals surface area contributed by atoms with Crippen molar-refractivity contribution >= 4 is 22.4 Å². The van der Waals surface area contributed by atoms with Gasteiger partial charge in [-0.25, -0.2) is 4.68 Å². The number of fused-ring (bicyclic) bond motifs is 2. The van der Waals surface area contributed by atoms with E-state index in [0.29, 0.717) is 11.9 Å². The molecule has 4 aromatic rings. The second kappa shape index (κ2) is 7.75. The maximum atomic E-state index is 13.5. The summed E-state index contributed by atoms with van der Waals surface area (Å²) in [6.07, 6.45) is 0.822. The van der Waals surface area contributed by atoms with Gasteiger partial charge in [0.25, 0.3) is 11.5 Å². The first-order valence-electron chi connectivity index (χ1n) is 10.9. The van der Waals surface area contributed by atoms with Gasteiger partial charge >= 0.3 is 0 Å². The highest BCUT2D eigenvalue weighted by molar-refractivity contribution is 5.98. The van der Waals surface area contributed by atoms with Crippen molar-refractivity contribution in [3.8, 4) is 11.3 Å². The van der Waals surface area contributed by atoms with E-state index in [9.17, 15) is 9.59 Å². The molecule has 1 aliphatic rings. The number of aromatic nitrogens is 2. The molecule has 5 heteroatoms. The van der Waals surface area contributed by atoms with Crippen LogP contribution in [0.2, 0.25) is 0 Å². The molecule has 0 radical (unpaired) electrons. The van der Waals surface area contributed by atoms with E-state index in [-0.39, 0.29) is 11.5 Å². The first-order chi connectivity index (χ1) is 15.5. The zero-order chi connectivity index (χ0) is 22.4. The van der Waals surface area contributed by atoms with Crippen LogP contribution in [0, 0.1) is 13.8 Å². The molecular formula is C27H25N3O2. The number of rotatable bonds is 3. The van der Waals surface area contributed by atoms with Crippen molar-refractivity contribution in [1.82, 2.24) is 9.78 Å². The van der Waals surface area contributed by atoms with Crippen LogP contribution in [0.4, 0.5) is 5.69 Å². The largest absolute Gasteiger partial charge is 0.310 e. The first-order valence-corrected chi connectivity index (χ1v) is 10.9. The number of carbonyl (C=O) groups excluding carboxylic acids is 1. The lowest BCUT2D eigenvalue weighted by atomic mass is 9.99. The second-order valence-electron chi connectivity index (χ2n) is 8.51. The van der Waals surface area contributed by atoms with Crippen LogP contribution in [0.15, 0.2) is 71.5 Å². The quantitative estimate of drug-likeness (QED) is 0.474. The number of carbonyl (C=O) groups is 1. The van der Waals surface area contributed by atoms with Crippen molar-refractivity contribution in [2.75, 3.05) is 11.4 Å². The molecule has 3 aromatic carbocycles. The molecule has 1 atom stereocenters. The van der Waals surface area contributed by atoms with E-state index in [1.165, 1.54) is 4.68 Å². The summed E-state index contributed by atoms with van der Waals surface area (Å²) >= 11 is 0. The van der Waals surface area contributed by atoms with Crippen molar-refractivity contribution in [2.45, 2.75) is 33.2 Å². The molecule has 0 aliphatic carbocycles. The van der Waals surface area contributed by atoms with Crippen molar-refractivity contribution in [2.24, 2.45) is 0 Å². The molecule has 0 bridgehead atoms. The molecule has 0 spiro atoms. The minimum Gasteiger partial charge on any atom is -0.310 e. The molecule has 0 fully saturated rings. The van der Waals surface area contributed by atoms with Gasteiger partial charge in [0.1, 0.15) is 6.04 Å². The fourth-order valence-electron chi connectivity index (χ4n) is 4.56. The molecule has 0 unspecified atom stereocenters. The van der Waals surface area contributed by atoms with E-state index in [1.807, 2.05) is 62.4 Å². The molecule has 1 amide bonds. The number of hydrogen-bond donors (Lipinski definition) is 0. The van der Waals surface area contributed by atoms with Crippen molar-refractivity contribution < 1.29 is 4.79 Å². The third-order valence-electron chi connectivity index (χ3n) is 6.35. The summed E-state index contributed by atoms with van der Waals surface area (Å²) in [5, 5.41) is 6.15. The summed E-state index contributed by atoms with van der Waals surface area (Å²) in [4.78, 5) is 28.7. The lowest BCUT2D eigenvalue weighted by molar-refractivity contribution is -0.121. The molecule has 1 aliphatic heterocycles. The summed E-state index contributed by atoms with van der Waals surface area (Å²) in [6.45, 7) is 6.46. The minimum atomic E-state index is -0.720. The topological polar surface area (TPSA) is 55.2 Å². The third-order valence-corrected chi connectivity index (χ3v) is 6.35. The van der Waals surface area contributed by atoms with Gasteiger partial charge in [-0.2, -0.15) is 5.10 Å². The predicted molar refractivity (Wildman–Crippen MR) is 128 cm³/mol. The third kappa shape index (κ3) is 3.21. The molecular weight excluding hydrogens is 398 g/mol. The van der Waals surface area contributed by atoms with Crippen LogP contribution in [-0.4, -0.2) is 22.2 Å². The van der Waals surface area contributed by atoms with E-state index in [1.54, 1.807) is 11.8 Å². The Labute approximate surface area is 186 Å². The summed E-state index contributed by atoms with van der Waals surface area (Å²) in [5.41, 5.74) is 5.72. The Balaban J connectivity index is 1.66. The normalized spacial score (nSPS) is 13.9. The standard InChI is InChI=1S/C27H25N3O2/c1-17-12-13-18(2)23(16-17)25-21-9-5-6-10-22(21)27(32)30(28-25)19(3)26(31)29-15-14-20-8-4-7-11-24(20)29/h4-13,16,19H,14-15H2,1-3H3/t19-/m1/s1. The van der Waals surface area contributed by atoms with E-state index in [4.69, 9.17) is 5.10 Å². The fourth-order valence-corrected chi connectivity index (χ4v) is 4.56. The Morgan fingerprint density at radius 1 is 0.969 bits per heavy atom. The average molecular weight is 424 g/mol. The van der Waals surface area contributed by atoms with Gasteiger partial charge in [0.05, 0.1) is 11.1 Å². The van der Waals surface area contributed by atoms with Gasteiger partial charge in [0.15, 0.2) is 0 Å². The number of amides is 1. The number of anilines is 1. The smallest absolute Gasteiger partial charge is 0.275 e. The number of benzene rings is 3. The Hall–Kier alpha value is -3.73. The Morgan fingerprint density at radius 3 is 2.50 bits per heavy atom. The highest BCUT2D eigenvalue weighted by atomic mass is 16.2. The highest BCUT2D eigenvalue weighted by Gasteiger charge is 2.30. The molecule has 2 heterocycles. The molecule has 0 saturated heterocycles. The highest BCUT2D eigenvalue weighted by Crippen LogP contribution is 2.31. The van der Waals surface area contributed by atoms with Crippen LogP contribution < -0.4 is 10.5 Å². The van der Waals surface area contributed by atoms with E-state index < -0.39 is 6.04 Å². The lowest BCUT2D eigenvalue weighted by Gasteiger charge is -2.23. The summed E-state index contributed by atoms with van der Waals surface area (Å²) in [6, 6.07) is 20.9.